The third-order valence-corrected chi connectivity index (χ3v) is 2.32. The number of rotatable bonds is 3. The van der Waals surface area contributed by atoms with Crippen LogP contribution in [0.25, 0.3) is 0 Å². The predicted molar refractivity (Wildman–Crippen MR) is 47.4 cm³/mol. The Morgan fingerprint density at radius 3 is 2.71 bits per heavy atom. The number of aromatic nitrogens is 1. The first-order chi connectivity index (χ1) is 6.39. The van der Waals surface area contributed by atoms with Crippen molar-refractivity contribution in [2.45, 2.75) is 19.2 Å². The average molecular weight is 226 g/mol. The molecule has 1 atom stereocenters. The van der Waals surface area contributed by atoms with Crippen molar-refractivity contribution >= 4 is 16.5 Å². The zero-order chi connectivity index (χ0) is 10.8. The van der Waals surface area contributed by atoms with E-state index in [1.54, 1.807) is 13.1 Å². The number of nitrogens with one attached hydrogen (secondary N) is 1. The summed E-state index contributed by atoms with van der Waals surface area (Å²) >= 11 is 1.24. The molecule has 7 heteroatoms. The van der Waals surface area contributed by atoms with Gasteiger partial charge in [0.2, 0.25) is 0 Å². The van der Waals surface area contributed by atoms with Crippen molar-refractivity contribution in [3.05, 3.63) is 11.1 Å². The highest BCUT2D eigenvalue weighted by Crippen LogP contribution is 2.21. The number of anilines is 1. The first-order valence-corrected chi connectivity index (χ1v) is 4.62. The lowest BCUT2D eigenvalue weighted by molar-refractivity contribution is -0.198. The highest BCUT2D eigenvalue weighted by Gasteiger charge is 2.37. The Labute approximate surface area is 82.6 Å². The molecule has 1 heterocycles. The van der Waals surface area contributed by atoms with Gasteiger partial charge in [0.15, 0.2) is 11.2 Å². The molecule has 2 N–H and O–H groups in total. The molecular formula is C7H9F3N2OS. The topological polar surface area (TPSA) is 45.2 Å². The van der Waals surface area contributed by atoms with Gasteiger partial charge in [-0.3, -0.25) is 0 Å². The largest absolute Gasteiger partial charge is 0.416 e. The van der Waals surface area contributed by atoms with Gasteiger partial charge in [0.1, 0.15) is 0 Å². The number of thiazole rings is 1. The van der Waals surface area contributed by atoms with Gasteiger partial charge in [0.05, 0.1) is 6.54 Å². The molecule has 0 saturated heterocycles. The Morgan fingerprint density at radius 1 is 1.64 bits per heavy atom. The highest BCUT2D eigenvalue weighted by atomic mass is 32.1. The van der Waals surface area contributed by atoms with Crippen LogP contribution in [0.3, 0.4) is 0 Å². The molecule has 0 fully saturated rings. The van der Waals surface area contributed by atoms with E-state index in [1.807, 2.05) is 0 Å². The van der Waals surface area contributed by atoms with E-state index >= 15 is 0 Å². The van der Waals surface area contributed by atoms with Crippen molar-refractivity contribution in [1.82, 2.24) is 4.98 Å². The van der Waals surface area contributed by atoms with E-state index < -0.39 is 18.8 Å². The van der Waals surface area contributed by atoms with Crippen molar-refractivity contribution in [2.75, 3.05) is 11.9 Å². The quantitative estimate of drug-likeness (QED) is 0.825. The molecule has 0 aliphatic rings. The predicted octanol–water partition coefficient (Wildman–Crippen LogP) is 1.79. The molecule has 0 bridgehead atoms. The van der Waals surface area contributed by atoms with Crippen LogP contribution in [-0.4, -0.2) is 28.9 Å². The number of aliphatic hydroxyl groups excluding tert-OH is 1. The highest BCUT2D eigenvalue weighted by molar-refractivity contribution is 7.15. The second-order valence-corrected chi connectivity index (χ2v) is 3.95. The first-order valence-electron chi connectivity index (χ1n) is 3.80. The van der Waals surface area contributed by atoms with Crippen LogP contribution >= 0.6 is 11.3 Å². The number of alkyl halides is 3. The molecule has 3 nitrogen and oxygen atoms in total. The lowest BCUT2D eigenvalue weighted by atomic mass is 10.3. The molecule has 0 radical (unpaired) electrons. The lowest BCUT2D eigenvalue weighted by Gasteiger charge is -2.14. The monoisotopic (exact) mass is 226 g/mol. The lowest BCUT2D eigenvalue weighted by Crippen LogP contribution is -2.34. The maximum atomic E-state index is 11.9. The van der Waals surface area contributed by atoms with E-state index in [-0.39, 0.29) is 0 Å². The summed E-state index contributed by atoms with van der Waals surface area (Å²) in [6.07, 6.45) is -5.39. The van der Waals surface area contributed by atoms with Crippen molar-refractivity contribution in [1.29, 1.82) is 0 Å². The fourth-order valence-corrected chi connectivity index (χ4v) is 1.41. The van der Waals surface area contributed by atoms with Crippen molar-refractivity contribution in [2.24, 2.45) is 0 Å². The van der Waals surface area contributed by atoms with Gasteiger partial charge in [-0.15, -0.1) is 11.3 Å². The summed E-state index contributed by atoms with van der Waals surface area (Å²) < 4.78 is 35.6. The summed E-state index contributed by atoms with van der Waals surface area (Å²) in [7, 11) is 0. The van der Waals surface area contributed by atoms with Gasteiger partial charge in [-0.05, 0) is 6.92 Å². The molecule has 0 amide bonds. The van der Waals surface area contributed by atoms with Crippen LogP contribution in [0.1, 0.15) is 4.88 Å². The maximum Gasteiger partial charge on any atom is 0.416 e. The molecule has 1 aromatic rings. The summed E-state index contributed by atoms with van der Waals surface area (Å²) in [4.78, 5) is 4.70. The molecule has 80 valence electrons. The van der Waals surface area contributed by atoms with E-state index in [0.29, 0.717) is 5.13 Å². The van der Waals surface area contributed by atoms with Crippen LogP contribution in [0.2, 0.25) is 0 Å². The van der Waals surface area contributed by atoms with Gasteiger partial charge in [-0.1, -0.05) is 0 Å². The van der Waals surface area contributed by atoms with Crippen LogP contribution in [-0.2, 0) is 0 Å². The SMILES string of the molecule is Cc1cnc(NC[C@H](O)C(F)(F)F)s1. The van der Waals surface area contributed by atoms with E-state index in [1.165, 1.54) is 11.3 Å². The van der Waals surface area contributed by atoms with Gasteiger partial charge in [0, 0.05) is 11.1 Å². The first kappa shape index (κ1) is 11.3. The van der Waals surface area contributed by atoms with Gasteiger partial charge in [-0.25, -0.2) is 4.98 Å². The average Bonchev–Trinajstić information content (AvgIpc) is 2.45. The van der Waals surface area contributed by atoms with Crippen LogP contribution in [0.15, 0.2) is 6.20 Å². The molecule has 0 unspecified atom stereocenters. The second kappa shape index (κ2) is 4.14. The Hall–Kier alpha value is -0.820. The number of hydrogen-bond acceptors (Lipinski definition) is 4. The number of nitrogens with zero attached hydrogens (tertiary/aromatic N) is 1. The standard InChI is InChI=1S/C7H9F3N2OS/c1-4-2-11-6(14-4)12-3-5(13)7(8,9)10/h2,5,13H,3H2,1H3,(H,11,12)/t5-/m0/s1. The molecule has 1 aromatic heterocycles. The maximum absolute atomic E-state index is 11.9. The molecule has 14 heavy (non-hydrogen) atoms. The van der Waals surface area contributed by atoms with Gasteiger partial charge in [-0.2, -0.15) is 13.2 Å². The summed E-state index contributed by atoms with van der Waals surface area (Å²) in [5.41, 5.74) is 0. The third-order valence-electron chi connectivity index (χ3n) is 1.45. The minimum atomic E-state index is -4.58. The van der Waals surface area contributed by atoms with Crippen molar-refractivity contribution in [3.63, 3.8) is 0 Å². The number of aliphatic hydroxyl groups is 1. The molecule has 0 saturated carbocycles. The van der Waals surface area contributed by atoms with Crippen LogP contribution in [0.5, 0.6) is 0 Å². The van der Waals surface area contributed by atoms with Crippen LogP contribution in [0.4, 0.5) is 18.3 Å². The zero-order valence-electron chi connectivity index (χ0n) is 7.30. The molecule has 0 aromatic carbocycles. The van der Waals surface area contributed by atoms with Gasteiger partial charge in [0.25, 0.3) is 0 Å². The summed E-state index contributed by atoms with van der Waals surface area (Å²) in [5, 5.41) is 11.4. The zero-order valence-corrected chi connectivity index (χ0v) is 8.11. The van der Waals surface area contributed by atoms with Gasteiger partial charge >= 0.3 is 6.18 Å². The molecule has 0 aliphatic carbocycles. The van der Waals surface area contributed by atoms with E-state index in [0.717, 1.165) is 4.88 Å². The van der Waals surface area contributed by atoms with Crippen LogP contribution in [0, 0.1) is 6.92 Å². The van der Waals surface area contributed by atoms with E-state index in [4.69, 9.17) is 5.11 Å². The van der Waals surface area contributed by atoms with Crippen molar-refractivity contribution in [3.8, 4) is 0 Å². The Kier molecular flexibility index (Phi) is 3.33. The Morgan fingerprint density at radius 2 is 2.29 bits per heavy atom. The van der Waals surface area contributed by atoms with Crippen LogP contribution < -0.4 is 5.32 Å². The van der Waals surface area contributed by atoms with Gasteiger partial charge < -0.3 is 10.4 Å². The fraction of sp³-hybridized carbons (Fsp3) is 0.571. The number of hydrogen-bond donors (Lipinski definition) is 2. The molecular weight excluding hydrogens is 217 g/mol. The minimum Gasteiger partial charge on any atom is -0.382 e. The molecule has 0 spiro atoms. The third kappa shape index (κ3) is 3.15. The molecule has 0 aliphatic heterocycles. The van der Waals surface area contributed by atoms with E-state index in [9.17, 15) is 13.2 Å². The summed E-state index contributed by atoms with van der Waals surface area (Å²) in [6, 6.07) is 0. The normalized spacial score (nSPS) is 14.1. The second-order valence-electron chi connectivity index (χ2n) is 2.71. The smallest absolute Gasteiger partial charge is 0.382 e. The minimum absolute atomic E-state index is 0.380. The Bertz CT molecular complexity index is 299. The Balaban J connectivity index is 2.41. The number of halogens is 3. The van der Waals surface area contributed by atoms with Crippen molar-refractivity contribution < 1.29 is 18.3 Å². The molecule has 1 rings (SSSR count). The number of aryl methyl sites for hydroxylation is 1. The summed E-state index contributed by atoms with van der Waals surface area (Å²) in [5.74, 6) is 0. The van der Waals surface area contributed by atoms with E-state index in [2.05, 4.69) is 10.3 Å². The summed E-state index contributed by atoms with van der Waals surface area (Å²) in [6.45, 7) is 1.22. The fourth-order valence-electron chi connectivity index (χ4n) is 0.736.